The molecule has 1 aromatic carbocycles. The van der Waals surface area contributed by atoms with Crippen LogP contribution in [0.15, 0.2) is 18.2 Å². The van der Waals surface area contributed by atoms with Gasteiger partial charge in [0.1, 0.15) is 0 Å². The number of likely N-dealkylation sites (tertiary alicyclic amines) is 1. The van der Waals surface area contributed by atoms with Crippen molar-refractivity contribution < 1.29 is 4.79 Å². The molecule has 0 saturated carbocycles. The average molecular weight is 304 g/mol. The van der Waals surface area contributed by atoms with Gasteiger partial charge in [-0.05, 0) is 31.0 Å². The first-order valence-corrected chi connectivity index (χ1v) is 6.46. The number of carbonyl (C=O) groups excluding carboxylic acids is 1. The fraction of sp³-hybridized carbons (Fsp3) is 0.462. The van der Waals surface area contributed by atoms with Crippen molar-refractivity contribution in [2.75, 3.05) is 25.0 Å². The molecule has 6 heteroatoms. The standard InChI is InChI=1S/C13H18ClN3O.ClH/c1-9-2-3-11(6-12(9)14)16-13(18)8-17-5-4-10(15)7-17;/h2-3,6,10H,4-5,7-8,15H2,1H3,(H,16,18);1H. The van der Waals surface area contributed by atoms with Crippen LogP contribution in [0.5, 0.6) is 0 Å². The van der Waals surface area contributed by atoms with Gasteiger partial charge in [0.25, 0.3) is 0 Å². The first-order chi connectivity index (χ1) is 8.54. The fourth-order valence-corrected chi connectivity index (χ4v) is 2.26. The van der Waals surface area contributed by atoms with E-state index < -0.39 is 0 Å². The summed E-state index contributed by atoms with van der Waals surface area (Å²) in [4.78, 5) is 13.9. The number of hydrogen-bond donors (Lipinski definition) is 2. The molecule has 19 heavy (non-hydrogen) atoms. The Morgan fingerprint density at radius 2 is 2.32 bits per heavy atom. The third-order valence-electron chi connectivity index (χ3n) is 3.13. The number of nitrogens with two attached hydrogens (primary N) is 1. The van der Waals surface area contributed by atoms with Crippen LogP contribution < -0.4 is 11.1 Å². The quantitative estimate of drug-likeness (QED) is 0.898. The molecule has 2 rings (SSSR count). The summed E-state index contributed by atoms with van der Waals surface area (Å²) in [5.41, 5.74) is 7.53. The van der Waals surface area contributed by atoms with E-state index in [1.54, 1.807) is 6.07 Å². The van der Waals surface area contributed by atoms with Crippen molar-refractivity contribution in [3.05, 3.63) is 28.8 Å². The van der Waals surface area contributed by atoms with Gasteiger partial charge >= 0.3 is 0 Å². The van der Waals surface area contributed by atoms with Gasteiger partial charge in [0, 0.05) is 29.8 Å². The van der Waals surface area contributed by atoms with Gasteiger partial charge in [0.05, 0.1) is 6.54 Å². The van der Waals surface area contributed by atoms with E-state index in [9.17, 15) is 4.79 Å². The highest BCUT2D eigenvalue weighted by atomic mass is 35.5. The van der Waals surface area contributed by atoms with Crippen molar-refractivity contribution in [1.29, 1.82) is 0 Å². The van der Waals surface area contributed by atoms with Crippen LogP contribution in [-0.2, 0) is 4.79 Å². The summed E-state index contributed by atoms with van der Waals surface area (Å²) in [6, 6.07) is 5.72. The molecule has 0 bridgehead atoms. The number of nitrogens with one attached hydrogen (secondary N) is 1. The van der Waals surface area contributed by atoms with Crippen LogP contribution in [0.2, 0.25) is 5.02 Å². The minimum Gasteiger partial charge on any atom is -0.326 e. The lowest BCUT2D eigenvalue weighted by Gasteiger charge is -2.14. The normalized spacial score (nSPS) is 19.0. The molecule has 4 nitrogen and oxygen atoms in total. The van der Waals surface area contributed by atoms with E-state index >= 15 is 0 Å². The Balaban J connectivity index is 0.00000180. The number of benzene rings is 1. The van der Waals surface area contributed by atoms with Crippen LogP contribution in [0.1, 0.15) is 12.0 Å². The number of aryl methyl sites for hydroxylation is 1. The number of carbonyl (C=O) groups is 1. The van der Waals surface area contributed by atoms with Crippen molar-refractivity contribution in [2.45, 2.75) is 19.4 Å². The summed E-state index contributed by atoms with van der Waals surface area (Å²) in [6.07, 6.45) is 0.962. The smallest absolute Gasteiger partial charge is 0.238 e. The maximum absolute atomic E-state index is 11.8. The lowest BCUT2D eigenvalue weighted by molar-refractivity contribution is -0.117. The zero-order valence-electron chi connectivity index (χ0n) is 10.9. The molecule has 3 N–H and O–H groups in total. The Kier molecular flexibility index (Phi) is 6.07. The Bertz CT molecular complexity index is 454. The van der Waals surface area contributed by atoms with E-state index in [4.69, 9.17) is 17.3 Å². The fourth-order valence-electron chi connectivity index (χ4n) is 2.08. The average Bonchev–Trinajstić information content (AvgIpc) is 2.69. The summed E-state index contributed by atoms with van der Waals surface area (Å²) in [6.45, 7) is 4.00. The minimum atomic E-state index is -0.0241. The summed E-state index contributed by atoms with van der Waals surface area (Å²) in [5, 5.41) is 3.51. The Morgan fingerprint density at radius 3 is 2.89 bits per heavy atom. The molecule has 1 heterocycles. The highest BCUT2D eigenvalue weighted by Crippen LogP contribution is 2.20. The SMILES string of the molecule is Cc1ccc(NC(=O)CN2CCC(N)C2)cc1Cl.Cl. The molecule has 1 aliphatic rings. The first kappa shape index (κ1) is 16.2. The topological polar surface area (TPSA) is 58.4 Å². The Hall–Kier alpha value is -0.810. The van der Waals surface area contributed by atoms with Crippen molar-refractivity contribution in [2.24, 2.45) is 5.73 Å². The van der Waals surface area contributed by atoms with Crippen molar-refractivity contribution in [1.82, 2.24) is 4.90 Å². The second-order valence-corrected chi connectivity index (χ2v) is 5.20. The van der Waals surface area contributed by atoms with Gasteiger partial charge in [-0.25, -0.2) is 0 Å². The predicted octanol–water partition coefficient (Wildman–Crippen LogP) is 2.04. The number of rotatable bonds is 3. The molecule has 1 aliphatic heterocycles. The zero-order valence-corrected chi connectivity index (χ0v) is 12.4. The van der Waals surface area contributed by atoms with Gasteiger partial charge in [0.15, 0.2) is 0 Å². The van der Waals surface area contributed by atoms with Gasteiger partial charge in [0.2, 0.25) is 5.91 Å². The third kappa shape index (κ3) is 4.66. The highest BCUT2D eigenvalue weighted by molar-refractivity contribution is 6.31. The monoisotopic (exact) mass is 303 g/mol. The Morgan fingerprint density at radius 1 is 1.58 bits per heavy atom. The van der Waals surface area contributed by atoms with E-state index in [1.807, 2.05) is 19.1 Å². The van der Waals surface area contributed by atoms with E-state index in [0.29, 0.717) is 11.6 Å². The maximum atomic E-state index is 11.8. The van der Waals surface area contributed by atoms with Crippen molar-refractivity contribution >= 4 is 35.6 Å². The van der Waals surface area contributed by atoms with Gasteiger partial charge in [-0.1, -0.05) is 17.7 Å². The van der Waals surface area contributed by atoms with E-state index in [1.165, 1.54) is 0 Å². The van der Waals surface area contributed by atoms with Crippen LogP contribution in [-0.4, -0.2) is 36.5 Å². The third-order valence-corrected chi connectivity index (χ3v) is 3.54. The number of nitrogens with zero attached hydrogens (tertiary/aromatic N) is 1. The molecule has 0 spiro atoms. The van der Waals surface area contributed by atoms with Crippen molar-refractivity contribution in [3.63, 3.8) is 0 Å². The molecule has 1 unspecified atom stereocenters. The second-order valence-electron chi connectivity index (χ2n) is 4.80. The predicted molar refractivity (Wildman–Crippen MR) is 81.1 cm³/mol. The van der Waals surface area contributed by atoms with Crippen LogP contribution in [0.4, 0.5) is 5.69 Å². The minimum absolute atomic E-state index is 0. The van der Waals surface area contributed by atoms with Crippen molar-refractivity contribution in [3.8, 4) is 0 Å². The summed E-state index contributed by atoms with van der Waals surface area (Å²) < 4.78 is 0. The molecule has 0 radical (unpaired) electrons. The molecule has 106 valence electrons. The molecule has 1 saturated heterocycles. The summed E-state index contributed by atoms with van der Waals surface area (Å²) >= 11 is 6.01. The number of hydrogen-bond acceptors (Lipinski definition) is 3. The maximum Gasteiger partial charge on any atom is 0.238 e. The van der Waals surface area contributed by atoms with Gasteiger partial charge in [-0.2, -0.15) is 0 Å². The molecule has 1 atom stereocenters. The largest absolute Gasteiger partial charge is 0.326 e. The van der Waals surface area contributed by atoms with Crippen LogP contribution >= 0.6 is 24.0 Å². The van der Waals surface area contributed by atoms with Gasteiger partial charge < -0.3 is 11.1 Å². The summed E-state index contributed by atoms with van der Waals surface area (Å²) in [7, 11) is 0. The first-order valence-electron chi connectivity index (χ1n) is 6.08. The highest BCUT2D eigenvalue weighted by Gasteiger charge is 2.20. The lowest BCUT2D eigenvalue weighted by Crippen LogP contribution is -2.33. The van der Waals surface area contributed by atoms with E-state index in [0.717, 1.165) is 30.8 Å². The zero-order chi connectivity index (χ0) is 13.1. The molecule has 1 amide bonds. The second kappa shape index (κ2) is 7.10. The molecule has 1 fully saturated rings. The molecule has 1 aromatic rings. The molecule has 0 aliphatic carbocycles. The molecular formula is C13H19Cl2N3O. The molecular weight excluding hydrogens is 285 g/mol. The van der Waals surface area contributed by atoms with E-state index in [2.05, 4.69) is 10.2 Å². The van der Waals surface area contributed by atoms with Crippen LogP contribution in [0.25, 0.3) is 0 Å². The number of anilines is 1. The van der Waals surface area contributed by atoms with E-state index in [-0.39, 0.29) is 24.4 Å². The summed E-state index contributed by atoms with van der Waals surface area (Å²) in [5.74, 6) is -0.0241. The molecule has 0 aromatic heterocycles. The number of amides is 1. The number of halogens is 2. The Labute approximate surface area is 124 Å². The van der Waals surface area contributed by atoms with Gasteiger partial charge in [-0.15, -0.1) is 12.4 Å². The van der Waals surface area contributed by atoms with Gasteiger partial charge in [-0.3, -0.25) is 9.69 Å². The lowest BCUT2D eigenvalue weighted by atomic mass is 10.2. The van der Waals surface area contributed by atoms with Crippen LogP contribution in [0.3, 0.4) is 0 Å². The van der Waals surface area contributed by atoms with Crippen LogP contribution in [0, 0.1) is 6.92 Å².